The van der Waals surface area contributed by atoms with Crippen LogP contribution in [0.4, 0.5) is 0 Å². The van der Waals surface area contributed by atoms with E-state index >= 15 is 0 Å². The Morgan fingerprint density at radius 1 is 1.35 bits per heavy atom. The molecule has 0 spiro atoms. The van der Waals surface area contributed by atoms with Gasteiger partial charge in [-0.05, 0) is 48.6 Å². The molecule has 0 N–H and O–H groups in total. The highest BCUT2D eigenvalue weighted by Crippen LogP contribution is 2.40. The lowest BCUT2D eigenvalue weighted by atomic mass is 9.84. The quantitative estimate of drug-likeness (QED) is 0.704. The highest BCUT2D eigenvalue weighted by molar-refractivity contribution is 6.30. The van der Waals surface area contributed by atoms with Crippen LogP contribution in [0.2, 0.25) is 5.02 Å². The molecule has 0 amide bonds. The van der Waals surface area contributed by atoms with Crippen molar-refractivity contribution in [2.75, 3.05) is 0 Å². The van der Waals surface area contributed by atoms with Crippen molar-refractivity contribution < 1.29 is 4.79 Å². The van der Waals surface area contributed by atoms with Crippen LogP contribution in [0.5, 0.6) is 0 Å². The minimum Gasteiger partial charge on any atom is -0.294 e. The van der Waals surface area contributed by atoms with E-state index in [2.05, 4.69) is 13.8 Å². The van der Waals surface area contributed by atoms with Crippen molar-refractivity contribution in [3.63, 3.8) is 0 Å². The lowest BCUT2D eigenvalue weighted by Gasteiger charge is -2.18. The van der Waals surface area contributed by atoms with Gasteiger partial charge < -0.3 is 0 Å². The van der Waals surface area contributed by atoms with Crippen molar-refractivity contribution in [1.82, 2.24) is 0 Å². The van der Waals surface area contributed by atoms with Crippen molar-refractivity contribution in [2.45, 2.75) is 33.1 Å². The van der Waals surface area contributed by atoms with Gasteiger partial charge in [-0.3, -0.25) is 4.79 Å². The smallest absolute Gasteiger partial charge is 0.164 e. The summed E-state index contributed by atoms with van der Waals surface area (Å²) in [5.41, 5.74) is 1.87. The summed E-state index contributed by atoms with van der Waals surface area (Å²) in [6, 6.07) is 7.60. The number of carbonyl (C=O) groups is 1. The van der Waals surface area contributed by atoms with Crippen LogP contribution in [0, 0.1) is 5.41 Å². The van der Waals surface area contributed by atoms with Crippen molar-refractivity contribution in [3.8, 4) is 0 Å². The Bertz CT molecular complexity index is 458. The summed E-state index contributed by atoms with van der Waals surface area (Å²) in [7, 11) is 0. The zero-order valence-electron chi connectivity index (χ0n) is 10.3. The molecule has 1 atom stereocenters. The van der Waals surface area contributed by atoms with E-state index in [4.69, 9.17) is 11.6 Å². The number of allylic oxidation sites excluding steroid dienone is 1. The van der Waals surface area contributed by atoms with E-state index in [1.807, 2.05) is 30.3 Å². The van der Waals surface area contributed by atoms with Crippen LogP contribution in [0.1, 0.15) is 38.7 Å². The molecule has 0 bridgehead atoms. The number of Topliss-reactive ketones (excluding diaryl/α,β-unsaturated/α-hetero) is 1. The maximum atomic E-state index is 12.2. The topological polar surface area (TPSA) is 17.1 Å². The normalized spacial score (nSPS) is 26.8. The summed E-state index contributed by atoms with van der Waals surface area (Å²) in [5.74, 6) is 0.315. The monoisotopic (exact) mass is 248 g/mol. The Balaban J connectivity index is 2.25. The predicted molar refractivity (Wildman–Crippen MR) is 72.1 cm³/mol. The molecular weight excluding hydrogens is 232 g/mol. The second-order valence-corrected chi connectivity index (χ2v) is 5.40. The first-order chi connectivity index (χ1) is 8.05. The minimum absolute atomic E-state index is 0.141. The number of carbonyl (C=O) groups excluding carboxylic acids is 1. The molecule has 1 aromatic carbocycles. The summed E-state index contributed by atoms with van der Waals surface area (Å²) in [4.78, 5) is 12.2. The van der Waals surface area contributed by atoms with Crippen LogP contribution in [0.3, 0.4) is 0 Å². The van der Waals surface area contributed by atoms with Gasteiger partial charge in [-0.15, -0.1) is 0 Å². The van der Waals surface area contributed by atoms with Gasteiger partial charge in [0, 0.05) is 10.4 Å². The average molecular weight is 249 g/mol. The fourth-order valence-electron chi connectivity index (χ4n) is 2.26. The number of hydrogen-bond donors (Lipinski definition) is 0. The Labute approximate surface area is 107 Å². The number of rotatable bonds is 2. The first kappa shape index (κ1) is 12.4. The van der Waals surface area contributed by atoms with Crippen LogP contribution >= 0.6 is 11.6 Å². The SMILES string of the molecule is CCC1(C)CC/C(=C\c2ccc(Cl)cc2)C1=O. The third-order valence-electron chi connectivity index (χ3n) is 3.78. The zero-order valence-corrected chi connectivity index (χ0v) is 11.1. The molecule has 17 heavy (non-hydrogen) atoms. The maximum absolute atomic E-state index is 12.2. The molecule has 90 valence electrons. The van der Waals surface area contributed by atoms with Gasteiger partial charge in [-0.2, -0.15) is 0 Å². The van der Waals surface area contributed by atoms with Crippen LogP contribution in [-0.4, -0.2) is 5.78 Å². The molecule has 0 radical (unpaired) electrons. The summed E-state index contributed by atoms with van der Waals surface area (Å²) < 4.78 is 0. The van der Waals surface area contributed by atoms with Gasteiger partial charge in [0.05, 0.1) is 0 Å². The molecule has 0 aromatic heterocycles. The number of halogens is 1. The standard InChI is InChI=1S/C15H17ClO/c1-3-15(2)9-8-12(14(15)17)10-11-4-6-13(16)7-5-11/h4-7,10H,3,8-9H2,1-2H3/b12-10+. The zero-order chi connectivity index (χ0) is 12.5. The number of hydrogen-bond acceptors (Lipinski definition) is 1. The maximum Gasteiger partial charge on any atom is 0.164 e. The molecule has 2 rings (SSSR count). The van der Waals surface area contributed by atoms with Crippen molar-refractivity contribution in [3.05, 3.63) is 40.4 Å². The summed E-state index contributed by atoms with van der Waals surface area (Å²) >= 11 is 5.84. The van der Waals surface area contributed by atoms with E-state index in [1.54, 1.807) is 0 Å². The van der Waals surface area contributed by atoms with Crippen LogP contribution in [0.25, 0.3) is 6.08 Å². The fraction of sp³-hybridized carbons (Fsp3) is 0.400. The average Bonchev–Trinajstić information content (AvgIpc) is 2.61. The van der Waals surface area contributed by atoms with Gasteiger partial charge in [0.1, 0.15) is 0 Å². The molecule has 2 heteroatoms. The Hall–Kier alpha value is -1.08. The summed E-state index contributed by atoms with van der Waals surface area (Å²) in [6.45, 7) is 4.15. The van der Waals surface area contributed by atoms with Gasteiger partial charge in [-0.25, -0.2) is 0 Å². The van der Waals surface area contributed by atoms with Gasteiger partial charge in [0.15, 0.2) is 5.78 Å². The second kappa shape index (κ2) is 4.66. The largest absolute Gasteiger partial charge is 0.294 e. The molecule has 1 saturated carbocycles. The van der Waals surface area contributed by atoms with Gasteiger partial charge in [0.25, 0.3) is 0 Å². The van der Waals surface area contributed by atoms with Crippen LogP contribution in [0.15, 0.2) is 29.8 Å². The molecule has 1 fully saturated rings. The first-order valence-electron chi connectivity index (χ1n) is 6.06. The lowest BCUT2D eigenvalue weighted by molar-refractivity contribution is -0.122. The van der Waals surface area contributed by atoms with Crippen LogP contribution in [-0.2, 0) is 4.79 Å². The number of benzene rings is 1. The lowest BCUT2D eigenvalue weighted by Crippen LogP contribution is -2.20. The fourth-order valence-corrected chi connectivity index (χ4v) is 2.39. The highest BCUT2D eigenvalue weighted by Gasteiger charge is 2.38. The molecule has 1 aliphatic rings. The minimum atomic E-state index is -0.141. The molecular formula is C15H17ClO. The third kappa shape index (κ3) is 2.44. The Morgan fingerprint density at radius 2 is 2.00 bits per heavy atom. The van der Waals surface area contributed by atoms with Gasteiger partial charge >= 0.3 is 0 Å². The molecule has 1 aliphatic carbocycles. The highest BCUT2D eigenvalue weighted by atomic mass is 35.5. The van der Waals surface area contributed by atoms with Crippen LogP contribution < -0.4 is 0 Å². The molecule has 1 aromatic rings. The predicted octanol–water partition coefficient (Wildman–Crippen LogP) is 4.50. The molecule has 1 unspecified atom stereocenters. The van der Waals surface area contributed by atoms with Crippen molar-refractivity contribution in [2.24, 2.45) is 5.41 Å². The van der Waals surface area contributed by atoms with E-state index < -0.39 is 0 Å². The molecule has 0 heterocycles. The number of ketones is 1. The second-order valence-electron chi connectivity index (χ2n) is 4.96. The van der Waals surface area contributed by atoms with E-state index in [1.165, 1.54) is 0 Å². The Morgan fingerprint density at radius 3 is 2.53 bits per heavy atom. The van der Waals surface area contributed by atoms with Gasteiger partial charge in [-0.1, -0.05) is 37.6 Å². The van der Waals surface area contributed by atoms with Gasteiger partial charge in [0.2, 0.25) is 0 Å². The third-order valence-corrected chi connectivity index (χ3v) is 4.03. The summed E-state index contributed by atoms with van der Waals surface area (Å²) in [5, 5.41) is 0.725. The van der Waals surface area contributed by atoms with E-state index in [9.17, 15) is 4.79 Å². The van der Waals surface area contributed by atoms with Crippen molar-refractivity contribution >= 4 is 23.5 Å². The van der Waals surface area contributed by atoms with E-state index in [0.29, 0.717) is 5.78 Å². The molecule has 1 nitrogen and oxygen atoms in total. The van der Waals surface area contributed by atoms with Crippen molar-refractivity contribution in [1.29, 1.82) is 0 Å². The van der Waals surface area contributed by atoms with E-state index in [-0.39, 0.29) is 5.41 Å². The molecule has 0 saturated heterocycles. The first-order valence-corrected chi connectivity index (χ1v) is 6.44. The summed E-state index contributed by atoms with van der Waals surface area (Å²) in [6.07, 6.45) is 4.79. The molecule has 0 aliphatic heterocycles. The Kier molecular flexibility index (Phi) is 3.39. The van der Waals surface area contributed by atoms with E-state index in [0.717, 1.165) is 35.4 Å².